The molecule has 1 heterocycles. The smallest absolute Gasteiger partial charge is 0.251 e. The number of nitrogens with zero attached hydrogens (tertiary/aromatic N) is 2. The molecule has 0 bridgehead atoms. The normalized spacial score (nSPS) is 10.6. The summed E-state index contributed by atoms with van der Waals surface area (Å²) >= 11 is 5.81. The first kappa shape index (κ1) is 18.7. The highest BCUT2D eigenvalue weighted by Gasteiger charge is 2.09. The Kier molecular flexibility index (Phi) is 5.61. The number of hydrogen-bond acceptors (Lipinski definition) is 4. The molecule has 0 atom stereocenters. The van der Waals surface area contributed by atoms with E-state index in [2.05, 4.69) is 20.6 Å². The van der Waals surface area contributed by atoms with Crippen LogP contribution in [0.4, 0.5) is 11.4 Å². The maximum atomic E-state index is 12.2. The zero-order valence-corrected chi connectivity index (χ0v) is 15.8. The molecule has 1 aromatic heterocycles. The predicted molar refractivity (Wildman–Crippen MR) is 107 cm³/mol. The van der Waals surface area contributed by atoms with Crippen LogP contribution < -0.4 is 15.5 Å². The van der Waals surface area contributed by atoms with E-state index in [0.29, 0.717) is 16.6 Å². The second-order valence-electron chi connectivity index (χ2n) is 6.25. The summed E-state index contributed by atoms with van der Waals surface area (Å²) in [6.45, 7) is 0.238. The summed E-state index contributed by atoms with van der Waals surface area (Å²) in [6, 6.07) is 12.6. The molecule has 3 rings (SSSR count). The van der Waals surface area contributed by atoms with Gasteiger partial charge < -0.3 is 20.5 Å². The zero-order chi connectivity index (χ0) is 19.4. The van der Waals surface area contributed by atoms with Gasteiger partial charge in [0.1, 0.15) is 0 Å². The number of aromatic nitrogens is 2. The average molecular weight is 386 g/mol. The minimum absolute atomic E-state index is 0.163. The van der Waals surface area contributed by atoms with E-state index < -0.39 is 0 Å². The number of rotatable bonds is 6. The number of hydrogen-bond donors (Lipinski definition) is 3. The average Bonchev–Trinajstić information content (AvgIpc) is 3.01. The lowest BCUT2D eigenvalue weighted by molar-refractivity contribution is -0.116. The van der Waals surface area contributed by atoms with Crippen LogP contribution in [0.5, 0.6) is 0 Å². The van der Waals surface area contributed by atoms with Gasteiger partial charge >= 0.3 is 0 Å². The lowest BCUT2D eigenvalue weighted by atomic mass is 10.2. The van der Waals surface area contributed by atoms with Crippen molar-refractivity contribution in [3.8, 4) is 0 Å². The van der Waals surface area contributed by atoms with Crippen LogP contribution in [0.25, 0.3) is 11.0 Å². The molecule has 0 unspecified atom stereocenters. The van der Waals surface area contributed by atoms with Crippen LogP contribution in [-0.2, 0) is 4.79 Å². The van der Waals surface area contributed by atoms with Crippen LogP contribution in [0.2, 0.25) is 5.28 Å². The van der Waals surface area contributed by atoms with Crippen LogP contribution in [0, 0.1) is 0 Å². The Hall–Kier alpha value is -3.06. The van der Waals surface area contributed by atoms with Crippen molar-refractivity contribution in [1.82, 2.24) is 15.3 Å². The van der Waals surface area contributed by atoms with E-state index in [-0.39, 0.29) is 30.1 Å². The molecule has 7 nitrogen and oxygen atoms in total. The summed E-state index contributed by atoms with van der Waals surface area (Å²) in [4.78, 5) is 33.2. The van der Waals surface area contributed by atoms with Gasteiger partial charge in [-0.25, -0.2) is 4.98 Å². The van der Waals surface area contributed by atoms with Crippen molar-refractivity contribution < 1.29 is 9.59 Å². The van der Waals surface area contributed by atoms with Gasteiger partial charge in [0.25, 0.3) is 5.91 Å². The van der Waals surface area contributed by atoms with Gasteiger partial charge in [0.15, 0.2) is 0 Å². The Morgan fingerprint density at radius 2 is 1.89 bits per heavy atom. The van der Waals surface area contributed by atoms with E-state index in [9.17, 15) is 9.59 Å². The standard InChI is InChI=1S/C19H20ClN5O2/c1-25(2)14-6-4-13(5-7-14)22-17(26)9-10-21-18(27)12-3-8-15-16(11-12)24-19(20)23-15/h3-8,11H,9-10H2,1-2H3,(H,21,27)(H,22,26)(H,23,24). The number of carbonyl (C=O) groups excluding carboxylic acids is 2. The monoisotopic (exact) mass is 385 g/mol. The first-order valence-corrected chi connectivity index (χ1v) is 8.81. The highest BCUT2D eigenvalue weighted by atomic mass is 35.5. The number of benzene rings is 2. The van der Waals surface area contributed by atoms with Crippen molar-refractivity contribution in [3.05, 3.63) is 53.3 Å². The number of carbonyl (C=O) groups is 2. The number of halogens is 1. The molecule has 3 N–H and O–H groups in total. The number of fused-ring (bicyclic) bond motifs is 1. The van der Waals surface area contributed by atoms with Crippen molar-refractivity contribution in [2.45, 2.75) is 6.42 Å². The van der Waals surface area contributed by atoms with Gasteiger partial charge in [0.2, 0.25) is 11.2 Å². The number of anilines is 2. The minimum Gasteiger partial charge on any atom is -0.378 e. The van der Waals surface area contributed by atoms with Crippen molar-refractivity contribution in [1.29, 1.82) is 0 Å². The van der Waals surface area contributed by atoms with Crippen LogP contribution >= 0.6 is 11.6 Å². The van der Waals surface area contributed by atoms with Gasteiger partial charge in [-0.3, -0.25) is 9.59 Å². The number of aromatic amines is 1. The predicted octanol–water partition coefficient (Wildman–Crippen LogP) is 3.04. The first-order chi connectivity index (χ1) is 12.9. The Morgan fingerprint density at radius 3 is 2.59 bits per heavy atom. The number of H-pyrrole nitrogens is 1. The molecular formula is C19H20ClN5O2. The maximum absolute atomic E-state index is 12.2. The first-order valence-electron chi connectivity index (χ1n) is 8.43. The van der Waals surface area contributed by atoms with Crippen molar-refractivity contribution in [2.24, 2.45) is 0 Å². The van der Waals surface area contributed by atoms with Crippen LogP contribution in [0.15, 0.2) is 42.5 Å². The Morgan fingerprint density at radius 1 is 1.15 bits per heavy atom. The second kappa shape index (κ2) is 8.09. The summed E-state index contributed by atoms with van der Waals surface area (Å²) in [5, 5.41) is 5.83. The SMILES string of the molecule is CN(C)c1ccc(NC(=O)CCNC(=O)c2ccc3nc(Cl)[nH]c3c2)cc1. The zero-order valence-electron chi connectivity index (χ0n) is 15.0. The molecule has 3 aromatic rings. The lowest BCUT2D eigenvalue weighted by Gasteiger charge is -2.13. The van der Waals surface area contributed by atoms with Gasteiger partial charge in [-0.1, -0.05) is 0 Å². The third-order valence-corrected chi connectivity index (χ3v) is 4.20. The fourth-order valence-electron chi connectivity index (χ4n) is 2.58. The van der Waals surface area contributed by atoms with Gasteiger partial charge in [-0.05, 0) is 54.1 Å². The molecule has 2 amide bonds. The molecule has 0 saturated heterocycles. The van der Waals surface area contributed by atoms with Gasteiger partial charge in [0.05, 0.1) is 11.0 Å². The summed E-state index contributed by atoms with van der Waals surface area (Å²) in [5.74, 6) is -0.422. The topological polar surface area (TPSA) is 90.1 Å². The summed E-state index contributed by atoms with van der Waals surface area (Å²) < 4.78 is 0. The Balaban J connectivity index is 1.49. The fourth-order valence-corrected chi connectivity index (χ4v) is 2.77. The third kappa shape index (κ3) is 4.77. The van der Waals surface area contributed by atoms with E-state index in [1.807, 2.05) is 43.3 Å². The molecule has 0 aliphatic heterocycles. The van der Waals surface area contributed by atoms with Crippen molar-refractivity contribution in [2.75, 3.05) is 30.9 Å². The number of nitrogens with one attached hydrogen (secondary N) is 3. The molecule has 0 aliphatic rings. The van der Waals surface area contributed by atoms with Crippen LogP contribution in [0.3, 0.4) is 0 Å². The third-order valence-electron chi connectivity index (χ3n) is 4.02. The van der Waals surface area contributed by atoms with E-state index in [4.69, 9.17) is 11.6 Å². The van der Waals surface area contributed by atoms with Crippen LogP contribution in [-0.4, -0.2) is 42.4 Å². The fraction of sp³-hybridized carbons (Fsp3) is 0.211. The van der Waals surface area contributed by atoms with E-state index in [1.54, 1.807) is 18.2 Å². The van der Waals surface area contributed by atoms with Crippen molar-refractivity contribution in [3.63, 3.8) is 0 Å². The number of imidazole rings is 1. The molecule has 2 aromatic carbocycles. The summed E-state index contributed by atoms with van der Waals surface area (Å²) in [5.41, 5.74) is 3.62. The summed E-state index contributed by atoms with van der Waals surface area (Å²) in [6.07, 6.45) is 0.180. The van der Waals surface area contributed by atoms with Crippen LogP contribution in [0.1, 0.15) is 16.8 Å². The molecular weight excluding hydrogens is 366 g/mol. The molecule has 140 valence electrons. The molecule has 0 aliphatic carbocycles. The molecule has 27 heavy (non-hydrogen) atoms. The van der Waals surface area contributed by atoms with Gasteiger partial charge in [0, 0.05) is 44.0 Å². The van der Waals surface area contributed by atoms with Crippen molar-refractivity contribution >= 4 is 45.8 Å². The lowest BCUT2D eigenvalue weighted by Crippen LogP contribution is -2.27. The molecule has 8 heteroatoms. The van der Waals surface area contributed by atoms with E-state index in [1.165, 1.54) is 0 Å². The minimum atomic E-state index is -0.259. The molecule has 0 saturated carbocycles. The maximum Gasteiger partial charge on any atom is 0.251 e. The highest BCUT2D eigenvalue weighted by molar-refractivity contribution is 6.29. The summed E-state index contributed by atoms with van der Waals surface area (Å²) in [7, 11) is 3.91. The van der Waals surface area contributed by atoms with Gasteiger partial charge in [-0.15, -0.1) is 0 Å². The van der Waals surface area contributed by atoms with E-state index in [0.717, 1.165) is 11.4 Å². The molecule has 0 fully saturated rings. The molecule has 0 spiro atoms. The van der Waals surface area contributed by atoms with Gasteiger partial charge in [-0.2, -0.15) is 0 Å². The second-order valence-corrected chi connectivity index (χ2v) is 6.61. The largest absolute Gasteiger partial charge is 0.378 e. The Bertz CT molecular complexity index is 966. The molecule has 0 radical (unpaired) electrons. The Labute approximate surface area is 161 Å². The van der Waals surface area contributed by atoms with E-state index >= 15 is 0 Å². The highest BCUT2D eigenvalue weighted by Crippen LogP contribution is 2.17. The number of amides is 2. The quantitative estimate of drug-likeness (QED) is 0.608.